The summed E-state index contributed by atoms with van der Waals surface area (Å²) in [7, 11) is 0. The molecule has 1 aliphatic carbocycles. The van der Waals surface area contributed by atoms with Gasteiger partial charge in [-0.15, -0.1) is 11.3 Å². The average molecular weight is 439 g/mol. The predicted molar refractivity (Wildman–Crippen MR) is 121 cm³/mol. The number of aryl methyl sites for hydroxylation is 1. The molecule has 3 rings (SSSR count). The third-order valence-electron chi connectivity index (χ3n) is 4.91. The van der Waals surface area contributed by atoms with Gasteiger partial charge in [-0.1, -0.05) is 19.1 Å². The Morgan fingerprint density at radius 1 is 1.19 bits per heavy atom. The van der Waals surface area contributed by atoms with Crippen LogP contribution in [0.2, 0.25) is 0 Å². The molecular formula is C24H26N2O4S. The second-order valence-electron chi connectivity index (χ2n) is 7.18. The van der Waals surface area contributed by atoms with Crippen molar-refractivity contribution in [2.75, 3.05) is 18.5 Å². The Bertz CT molecular complexity index is 1020. The van der Waals surface area contributed by atoms with Gasteiger partial charge in [0, 0.05) is 4.88 Å². The number of ether oxygens (including phenoxy) is 2. The molecule has 6 nitrogen and oxygen atoms in total. The number of hydrogen-bond acceptors (Lipinski definition) is 6. The maximum absolute atomic E-state index is 12.8. The Balaban J connectivity index is 1.82. The predicted octanol–water partition coefficient (Wildman–Crippen LogP) is 5.14. The maximum atomic E-state index is 12.8. The number of nitrogens with one attached hydrogen (secondary N) is 1. The molecule has 0 spiro atoms. The van der Waals surface area contributed by atoms with Crippen molar-refractivity contribution in [3.63, 3.8) is 0 Å². The topological polar surface area (TPSA) is 88.4 Å². The van der Waals surface area contributed by atoms with Gasteiger partial charge in [0.1, 0.15) is 22.4 Å². The first-order chi connectivity index (χ1) is 15.1. The third-order valence-corrected chi connectivity index (χ3v) is 6.11. The SMILES string of the molecule is CCCOc1ccc(C=C(C#N)C(=O)Nc2sc3c(c2C(=O)OCC)CCCC3)cc1. The first-order valence-electron chi connectivity index (χ1n) is 10.5. The number of carbonyl (C=O) groups excluding carboxylic acids is 2. The Kier molecular flexibility index (Phi) is 7.85. The minimum Gasteiger partial charge on any atom is -0.494 e. The molecule has 1 aromatic carbocycles. The van der Waals surface area contributed by atoms with Crippen LogP contribution in [0, 0.1) is 11.3 Å². The molecular weight excluding hydrogens is 412 g/mol. The third kappa shape index (κ3) is 5.53. The van der Waals surface area contributed by atoms with Gasteiger partial charge in [0.15, 0.2) is 0 Å². The lowest BCUT2D eigenvalue weighted by Crippen LogP contribution is -2.16. The van der Waals surface area contributed by atoms with Gasteiger partial charge in [-0.3, -0.25) is 4.79 Å². The van der Waals surface area contributed by atoms with Crippen LogP contribution >= 0.6 is 11.3 Å². The fourth-order valence-electron chi connectivity index (χ4n) is 3.44. The summed E-state index contributed by atoms with van der Waals surface area (Å²) < 4.78 is 10.8. The number of esters is 1. The molecule has 0 bridgehead atoms. The lowest BCUT2D eigenvalue weighted by atomic mass is 9.95. The van der Waals surface area contributed by atoms with Gasteiger partial charge in [-0.25, -0.2) is 4.79 Å². The van der Waals surface area contributed by atoms with Crippen molar-refractivity contribution in [2.24, 2.45) is 0 Å². The number of fused-ring (bicyclic) bond motifs is 1. The summed E-state index contributed by atoms with van der Waals surface area (Å²) in [5, 5.41) is 12.8. The monoisotopic (exact) mass is 438 g/mol. The molecule has 2 aromatic rings. The number of anilines is 1. The molecule has 1 amide bonds. The molecule has 1 aromatic heterocycles. The van der Waals surface area contributed by atoms with Gasteiger partial charge in [0.05, 0.1) is 18.8 Å². The first-order valence-corrected chi connectivity index (χ1v) is 11.4. The molecule has 0 atom stereocenters. The van der Waals surface area contributed by atoms with E-state index in [0.717, 1.165) is 48.3 Å². The lowest BCUT2D eigenvalue weighted by molar-refractivity contribution is -0.112. The molecule has 0 saturated heterocycles. The van der Waals surface area contributed by atoms with Crippen molar-refractivity contribution in [3.05, 3.63) is 51.4 Å². The van der Waals surface area contributed by atoms with E-state index in [1.165, 1.54) is 17.4 Å². The van der Waals surface area contributed by atoms with Crippen molar-refractivity contribution in [3.8, 4) is 11.8 Å². The number of rotatable bonds is 8. The Hall–Kier alpha value is -3.11. The van der Waals surface area contributed by atoms with Gasteiger partial charge in [-0.2, -0.15) is 5.26 Å². The zero-order chi connectivity index (χ0) is 22.2. The molecule has 0 unspecified atom stereocenters. The molecule has 1 heterocycles. The molecule has 1 N–H and O–H groups in total. The number of thiophene rings is 1. The second-order valence-corrected chi connectivity index (χ2v) is 8.28. The standard InChI is InChI=1S/C24H26N2O4S/c1-3-13-30-18-11-9-16(10-12-18)14-17(15-25)22(27)26-23-21(24(28)29-4-2)19-7-5-6-8-20(19)31-23/h9-12,14H,3-8,13H2,1-2H3,(H,26,27). The number of hydrogen-bond donors (Lipinski definition) is 1. The molecule has 0 radical (unpaired) electrons. The highest BCUT2D eigenvalue weighted by Gasteiger charge is 2.27. The van der Waals surface area contributed by atoms with Crippen molar-refractivity contribution in [2.45, 2.75) is 46.0 Å². The Morgan fingerprint density at radius 2 is 1.94 bits per heavy atom. The molecule has 31 heavy (non-hydrogen) atoms. The van der Waals surface area contributed by atoms with Crippen LogP contribution in [0.1, 0.15) is 59.5 Å². The fourth-order valence-corrected chi connectivity index (χ4v) is 4.71. The van der Waals surface area contributed by atoms with E-state index in [4.69, 9.17) is 9.47 Å². The zero-order valence-corrected chi connectivity index (χ0v) is 18.6. The Morgan fingerprint density at radius 3 is 2.61 bits per heavy atom. The van der Waals surface area contributed by atoms with Crippen LogP contribution in [0.25, 0.3) is 6.08 Å². The van der Waals surface area contributed by atoms with E-state index in [9.17, 15) is 14.9 Å². The van der Waals surface area contributed by atoms with Gasteiger partial charge >= 0.3 is 5.97 Å². The zero-order valence-electron chi connectivity index (χ0n) is 17.8. The number of nitriles is 1. The van der Waals surface area contributed by atoms with Crippen LogP contribution in [0.3, 0.4) is 0 Å². The van der Waals surface area contributed by atoms with E-state index in [0.29, 0.717) is 22.7 Å². The van der Waals surface area contributed by atoms with Crippen molar-refractivity contribution in [1.29, 1.82) is 5.26 Å². The molecule has 162 valence electrons. The van der Waals surface area contributed by atoms with Crippen molar-refractivity contribution < 1.29 is 19.1 Å². The Labute approximate surface area is 186 Å². The van der Waals surface area contributed by atoms with Crippen LogP contribution in [-0.4, -0.2) is 25.1 Å². The van der Waals surface area contributed by atoms with Gasteiger partial charge < -0.3 is 14.8 Å². The fraction of sp³-hybridized carbons (Fsp3) is 0.375. The van der Waals surface area contributed by atoms with Gasteiger partial charge in [0.2, 0.25) is 0 Å². The highest BCUT2D eigenvalue weighted by molar-refractivity contribution is 7.17. The summed E-state index contributed by atoms with van der Waals surface area (Å²) in [6.07, 6.45) is 6.19. The lowest BCUT2D eigenvalue weighted by Gasteiger charge is -2.12. The molecule has 1 aliphatic rings. The summed E-state index contributed by atoms with van der Waals surface area (Å²) in [5.74, 6) is -0.231. The van der Waals surface area contributed by atoms with E-state index < -0.39 is 11.9 Å². The summed E-state index contributed by atoms with van der Waals surface area (Å²) >= 11 is 1.40. The molecule has 0 aliphatic heterocycles. The summed E-state index contributed by atoms with van der Waals surface area (Å²) in [4.78, 5) is 26.5. The molecule has 0 saturated carbocycles. The van der Waals surface area contributed by atoms with Crippen LogP contribution in [0.5, 0.6) is 5.75 Å². The number of nitrogens with zero attached hydrogens (tertiary/aromatic N) is 1. The summed E-state index contributed by atoms with van der Waals surface area (Å²) in [6.45, 7) is 4.68. The largest absolute Gasteiger partial charge is 0.494 e. The van der Waals surface area contributed by atoms with E-state index in [2.05, 4.69) is 5.32 Å². The average Bonchev–Trinajstić information content (AvgIpc) is 3.14. The van der Waals surface area contributed by atoms with E-state index >= 15 is 0 Å². The maximum Gasteiger partial charge on any atom is 0.341 e. The second kappa shape index (κ2) is 10.8. The van der Waals surface area contributed by atoms with Crippen molar-refractivity contribution in [1.82, 2.24) is 0 Å². The smallest absolute Gasteiger partial charge is 0.341 e. The molecule has 0 fully saturated rings. The van der Waals surface area contributed by atoms with E-state index in [-0.39, 0.29) is 12.2 Å². The quantitative estimate of drug-likeness (QED) is 0.350. The highest BCUT2D eigenvalue weighted by atomic mass is 32.1. The first kappa shape index (κ1) is 22.6. The van der Waals surface area contributed by atoms with Crippen molar-refractivity contribution >= 4 is 34.3 Å². The van der Waals surface area contributed by atoms with Crippen LogP contribution in [0.15, 0.2) is 29.8 Å². The van der Waals surface area contributed by atoms with Gasteiger partial charge in [0.25, 0.3) is 5.91 Å². The number of carbonyl (C=O) groups is 2. The van der Waals surface area contributed by atoms with E-state index in [1.807, 2.05) is 13.0 Å². The van der Waals surface area contributed by atoms with Crippen LogP contribution in [-0.2, 0) is 22.4 Å². The molecule has 7 heteroatoms. The van der Waals surface area contributed by atoms with Gasteiger partial charge in [-0.05, 0) is 68.4 Å². The number of benzene rings is 1. The van der Waals surface area contributed by atoms with Crippen LogP contribution in [0.4, 0.5) is 5.00 Å². The summed E-state index contributed by atoms with van der Waals surface area (Å²) in [6, 6.07) is 9.16. The minimum atomic E-state index is -0.544. The normalized spacial score (nSPS) is 13.1. The van der Waals surface area contributed by atoms with E-state index in [1.54, 1.807) is 31.2 Å². The highest BCUT2D eigenvalue weighted by Crippen LogP contribution is 2.38. The summed E-state index contributed by atoms with van der Waals surface area (Å²) in [5.41, 5.74) is 2.08. The van der Waals surface area contributed by atoms with Crippen LogP contribution < -0.4 is 10.1 Å². The minimum absolute atomic E-state index is 0.0385. The number of amides is 1.